The molecule has 7 nitrogen and oxygen atoms in total. The summed E-state index contributed by atoms with van der Waals surface area (Å²) in [7, 11) is 4.55. The Morgan fingerprint density at radius 1 is 1.09 bits per heavy atom. The van der Waals surface area contributed by atoms with E-state index in [1.807, 2.05) is 0 Å². The van der Waals surface area contributed by atoms with Crippen LogP contribution in [0.15, 0.2) is 29.9 Å². The molecule has 1 saturated carbocycles. The van der Waals surface area contributed by atoms with Gasteiger partial charge >= 0.3 is 0 Å². The van der Waals surface area contributed by atoms with E-state index in [1.54, 1.807) is 24.3 Å². The molecule has 0 spiro atoms. The molecule has 0 saturated heterocycles. The van der Waals surface area contributed by atoms with E-state index in [0.29, 0.717) is 42.1 Å². The molecule has 170 valence electrons. The fourth-order valence-electron chi connectivity index (χ4n) is 3.89. The van der Waals surface area contributed by atoms with Crippen LogP contribution in [0.4, 0.5) is 0 Å². The van der Waals surface area contributed by atoms with E-state index in [1.165, 1.54) is 32.3 Å². The maximum atomic E-state index is 12.8. The highest BCUT2D eigenvalue weighted by Gasteiger charge is 2.28. The number of rotatable bonds is 5. The smallest absolute Gasteiger partial charge is 0.268 e. The van der Waals surface area contributed by atoms with Crippen molar-refractivity contribution in [2.45, 2.75) is 44.1 Å². The summed E-state index contributed by atoms with van der Waals surface area (Å²) in [5.74, 6) is 6.21. The molecule has 0 aromatic heterocycles. The molecule has 0 bridgehead atoms. The van der Waals surface area contributed by atoms with Crippen LogP contribution in [0, 0.1) is 11.8 Å². The van der Waals surface area contributed by atoms with E-state index >= 15 is 0 Å². The minimum Gasteiger partial charge on any atom is -0.493 e. The summed E-state index contributed by atoms with van der Waals surface area (Å²) in [5.41, 5.74) is -0.130. The van der Waals surface area contributed by atoms with Crippen molar-refractivity contribution in [2.24, 2.45) is 0 Å². The Morgan fingerprint density at radius 2 is 1.75 bits per heavy atom. The molecular weight excluding hydrogens is 410 g/mol. The molecule has 0 unspecified atom stereocenters. The minimum absolute atomic E-state index is 0.254. The van der Waals surface area contributed by atoms with Gasteiger partial charge in [0.05, 0.1) is 26.9 Å². The molecule has 1 aromatic carbocycles. The Labute approximate surface area is 188 Å². The van der Waals surface area contributed by atoms with Crippen molar-refractivity contribution in [3.8, 4) is 29.1 Å². The quantitative estimate of drug-likeness (QED) is 0.561. The Morgan fingerprint density at radius 3 is 2.34 bits per heavy atom. The van der Waals surface area contributed by atoms with Gasteiger partial charge < -0.3 is 19.3 Å². The summed E-state index contributed by atoms with van der Waals surface area (Å²) in [6, 6.07) is 3.43. The molecule has 7 heteroatoms. The predicted octanol–water partition coefficient (Wildman–Crippen LogP) is 3.11. The summed E-state index contributed by atoms with van der Waals surface area (Å²) in [6.45, 7) is 0.284. The van der Waals surface area contributed by atoms with Crippen molar-refractivity contribution < 1.29 is 28.9 Å². The van der Waals surface area contributed by atoms with Gasteiger partial charge in [-0.1, -0.05) is 24.3 Å². The molecule has 2 amide bonds. The maximum absolute atomic E-state index is 12.8. The molecule has 1 aliphatic carbocycles. The van der Waals surface area contributed by atoms with Gasteiger partial charge in [0.2, 0.25) is 5.75 Å². The number of benzene rings is 1. The van der Waals surface area contributed by atoms with Crippen LogP contribution in [0.3, 0.4) is 0 Å². The first-order valence-electron chi connectivity index (χ1n) is 10.7. The Bertz CT molecular complexity index is 966. The highest BCUT2D eigenvalue weighted by atomic mass is 16.5. The Balaban J connectivity index is 1.74. The van der Waals surface area contributed by atoms with Crippen LogP contribution in [0.5, 0.6) is 17.2 Å². The van der Waals surface area contributed by atoms with Crippen LogP contribution in [0.2, 0.25) is 0 Å². The van der Waals surface area contributed by atoms with Gasteiger partial charge in [0.15, 0.2) is 11.5 Å². The lowest BCUT2D eigenvalue weighted by molar-refractivity contribution is -0.139. The van der Waals surface area contributed by atoms with Crippen molar-refractivity contribution in [1.82, 2.24) is 4.90 Å². The van der Waals surface area contributed by atoms with E-state index < -0.39 is 17.4 Å². The zero-order valence-electron chi connectivity index (χ0n) is 18.8. The zero-order chi connectivity index (χ0) is 23.1. The number of aliphatic hydroxyl groups is 1. The number of nitrogens with zero attached hydrogens (tertiary/aromatic N) is 1. The molecule has 3 rings (SSSR count). The van der Waals surface area contributed by atoms with Gasteiger partial charge in [-0.25, -0.2) is 0 Å². The lowest BCUT2D eigenvalue weighted by atomic mass is 9.85. The fourth-order valence-corrected chi connectivity index (χ4v) is 3.89. The van der Waals surface area contributed by atoms with Crippen LogP contribution in [-0.2, 0) is 9.59 Å². The van der Waals surface area contributed by atoms with Gasteiger partial charge in [-0.2, -0.15) is 0 Å². The molecule has 1 fully saturated rings. The van der Waals surface area contributed by atoms with Gasteiger partial charge in [0, 0.05) is 12.6 Å². The van der Waals surface area contributed by atoms with Crippen LogP contribution in [-0.4, -0.2) is 55.3 Å². The third-order valence-electron chi connectivity index (χ3n) is 5.66. The van der Waals surface area contributed by atoms with Gasteiger partial charge in [-0.15, -0.1) is 0 Å². The minimum atomic E-state index is -1.04. The van der Waals surface area contributed by atoms with Gasteiger partial charge in [0.25, 0.3) is 11.8 Å². The number of carbonyl (C=O) groups is 2. The largest absolute Gasteiger partial charge is 0.493 e. The highest BCUT2D eigenvalue weighted by Crippen LogP contribution is 2.38. The van der Waals surface area contributed by atoms with Crippen LogP contribution in [0.25, 0.3) is 6.08 Å². The first kappa shape index (κ1) is 23.4. The molecule has 0 atom stereocenters. The van der Waals surface area contributed by atoms with E-state index in [0.717, 1.165) is 19.3 Å². The van der Waals surface area contributed by atoms with Crippen molar-refractivity contribution in [3.05, 3.63) is 35.4 Å². The summed E-state index contributed by atoms with van der Waals surface area (Å²) < 4.78 is 16.0. The van der Waals surface area contributed by atoms with E-state index in [-0.39, 0.29) is 12.1 Å². The standard InChI is InChI=1S/C25H29NO6/c1-30-20-16-18(17-21(31-2)23(20)32-3)9-10-22(27)26-15-7-8-19(24(26)28)11-14-25(29)12-5-4-6-13-25/h8-10,16-17,29H,4-7,12-13,15H2,1-3H3. The second-order valence-electron chi connectivity index (χ2n) is 7.84. The number of amides is 2. The molecule has 1 N–H and O–H groups in total. The third kappa shape index (κ3) is 5.32. The summed E-state index contributed by atoms with van der Waals surface area (Å²) in [6.07, 6.45) is 9.35. The number of imide groups is 1. The molecule has 32 heavy (non-hydrogen) atoms. The maximum Gasteiger partial charge on any atom is 0.268 e. The molecule has 1 heterocycles. The number of hydrogen-bond donors (Lipinski definition) is 1. The lowest BCUT2D eigenvalue weighted by Gasteiger charge is -2.27. The molecule has 2 aliphatic rings. The van der Waals surface area contributed by atoms with Gasteiger partial charge in [-0.3, -0.25) is 14.5 Å². The second-order valence-corrected chi connectivity index (χ2v) is 7.84. The average molecular weight is 440 g/mol. The van der Waals surface area contributed by atoms with Crippen molar-refractivity contribution in [2.75, 3.05) is 27.9 Å². The molecule has 1 aliphatic heterocycles. The highest BCUT2D eigenvalue weighted by molar-refractivity contribution is 6.11. The fraction of sp³-hybridized carbons (Fsp3) is 0.440. The van der Waals surface area contributed by atoms with Crippen molar-refractivity contribution in [3.63, 3.8) is 0 Å². The van der Waals surface area contributed by atoms with Crippen molar-refractivity contribution in [1.29, 1.82) is 0 Å². The summed E-state index contributed by atoms with van der Waals surface area (Å²) >= 11 is 0. The predicted molar refractivity (Wildman–Crippen MR) is 120 cm³/mol. The van der Waals surface area contributed by atoms with Crippen LogP contribution in [0.1, 0.15) is 44.1 Å². The van der Waals surface area contributed by atoms with Gasteiger partial charge in [0.1, 0.15) is 5.60 Å². The SMILES string of the molecule is COc1cc(C=CC(=O)N2CCC=C(C#CC3(O)CCCCC3)C2=O)cc(OC)c1OC. The average Bonchev–Trinajstić information content (AvgIpc) is 2.81. The first-order chi connectivity index (χ1) is 15.4. The Kier molecular flexibility index (Phi) is 7.60. The number of ether oxygens (including phenoxy) is 3. The lowest BCUT2D eigenvalue weighted by Crippen LogP contribution is -2.39. The monoisotopic (exact) mass is 439 g/mol. The van der Waals surface area contributed by atoms with E-state index in [4.69, 9.17) is 14.2 Å². The van der Waals surface area contributed by atoms with E-state index in [9.17, 15) is 14.7 Å². The Hall–Kier alpha value is -3.24. The van der Waals surface area contributed by atoms with Crippen LogP contribution >= 0.6 is 0 Å². The number of methoxy groups -OCH3 is 3. The number of carbonyl (C=O) groups excluding carboxylic acids is 2. The number of hydrogen-bond acceptors (Lipinski definition) is 6. The summed E-state index contributed by atoms with van der Waals surface area (Å²) in [5, 5.41) is 10.6. The molecule has 1 aromatic rings. The molecule has 0 radical (unpaired) electrons. The normalized spacial score (nSPS) is 17.9. The second kappa shape index (κ2) is 10.4. The third-order valence-corrected chi connectivity index (χ3v) is 5.66. The van der Waals surface area contributed by atoms with E-state index in [2.05, 4.69) is 11.8 Å². The topological polar surface area (TPSA) is 85.3 Å². The van der Waals surface area contributed by atoms with Gasteiger partial charge in [-0.05, 0) is 55.9 Å². The zero-order valence-corrected chi connectivity index (χ0v) is 18.8. The first-order valence-corrected chi connectivity index (χ1v) is 10.7. The van der Waals surface area contributed by atoms with Crippen LogP contribution < -0.4 is 14.2 Å². The molecular formula is C25H29NO6. The van der Waals surface area contributed by atoms with Crippen molar-refractivity contribution >= 4 is 17.9 Å². The summed E-state index contributed by atoms with van der Waals surface area (Å²) in [4.78, 5) is 26.7.